The summed E-state index contributed by atoms with van der Waals surface area (Å²) in [5.41, 5.74) is 6.60. The average Bonchev–Trinajstić information content (AvgIpc) is 3.15. The van der Waals surface area contributed by atoms with Gasteiger partial charge in [-0.15, -0.1) is 0 Å². The smallest absolute Gasteiger partial charge is 0.282 e. The van der Waals surface area contributed by atoms with E-state index in [0.717, 1.165) is 29.4 Å². The molecule has 11 heteroatoms. The van der Waals surface area contributed by atoms with Gasteiger partial charge in [-0.05, 0) is 24.5 Å². The molecule has 1 unspecified atom stereocenters. The number of nitrogens with zero attached hydrogens (tertiary/aromatic N) is 6. The quantitative estimate of drug-likeness (QED) is 0.625. The number of aromatic nitrogens is 4. The zero-order chi connectivity index (χ0) is 21.5. The van der Waals surface area contributed by atoms with Gasteiger partial charge < -0.3 is 10.6 Å². The lowest BCUT2D eigenvalue weighted by molar-refractivity contribution is 0.491. The average molecular weight is 427 g/mol. The van der Waals surface area contributed by atoms with Gasteiger partial charge in [0.15, 0.2) is 11.2 Å². The van der Waals surface area contributed by atoms with Crippen molar-refractivity contribution >= 4 is 27.1 Å². The topological polar surface area (TPSA) is 140 Å². The van der Waals surface area contributed by atoms with Gasteiger partial charge in [-0.1, -0.05) is 18.2 Å². The third kappa shape index (κ3) is 3.55. The maximum atomic E-state index is 13.5. The molecule has 0 saturated carbocycles. The summed E-state index contributed by atoms with van der Waals surface area (Å²) >= 11 is 0. The van der Waals surface area contributed by atoms with Crippen LogP contribution in [0.2, 0.25) is 0 Å². The maximum Gasteiger partial charge on any atom is 0.282 e. The van der Waals surface area contributed by atoms with Crippen molar-refractivity contribution in [1.82, 2.24) is 18.5 Å². The van der Waals surface area contributed by atoms with Gasteiger partial charge in [0.05, 0.1) is 24.4 Å². The summed E-state index contributed by atoms with van der Waals surface area (Å²) < 4.78 is 26.5. The van der Waals surface area contributed by atoms with Crippen LogP contribution < -0.4 is 16.2 Å². The summed E-state index contributed by atoms with van der Waals surface area (Å²) in [7, 11) is -3.74. The van der Waals surface area contributed by atoms with Gasteiger partial charge in [0.25, 0.3) is 5.56 Å². The van der Waals surface area contributed by atoms with Crippen LogP contribution in [0.15, 0.2) is 35.4 Å². The highest BCUT2D eigenvalue weighted by Crippen LogP contribution is 2.21. The number of fused-ring (bicyclic) bond motifs is 1. The minimum atomic E-state index is -3.74. The van der Waals surface area contributed by atoms with Crippen molar-refractivity contribution in [3.05, 3.63) is 52.1 Å². The molecule has 1 saturated heterocycles. The van der Waals surface area contributed by atoms with Gasteiger partial charge >= 0.3 is 0 Å². The number of nitriles is 1. The fraction of sp³-hybridized carbons (Fsp3) is 0.368. The van der Waals surface area contributed by atoms with Gasteiger partial charge in [0, 0.05) is 19.1 Å². The third-order valence-electron chi connectivity index (χ3n) is 5.18. The molecule has 2 N–H and O–H groups in total. The molecule has 3 heterocycles. The second-order valence-corrected chi connectivity index (χ2v) is 9.26. The summed E-state index contributed by atoms with van der Waals surface area (Å²) in [5, 5.41) is 9.43. The Morgan fingerprint density at radius 3 is 2.80 bits per heavy atom. The Morgan fingerprint density at radius 2 is 2.10 bits per heavy atom. The summed E-state index contributed by atoms with van der Waals surface area (Å²) in [6.45, 7) is 1.25. The van der Waals surface area contributed by atoms with Gasteiger partial charge in [-0.3, -0.25) is 9.36 Å². The minimum absolute atomic E-state index is 0.0558. The number of hydrogen-bond donors (Lipinski definition) is 1. The largest absolute Gasteiger partial charge is 0.341 e. The predicted molar refractivity (Wildman–Crippen MR) is 112 cm³/mol. The van der Waals surface area contributed by atoms with Crippen molar-refractivity contribution in [1.29, 1.82) is 5.26 Å². The molecule has 1 aliphatic rings. The molecule has 10 nitrogen and oxygen atoms in total. The number of imidazole rings is 1. The monoisotopic (exact) mass is 427 g/mol. The molecule has 1 atom stereocenters. The molecule has 1 fully saturated rings. The number of anilines is 1. The van der Waals surface area contributed by atoms with Crippen molar-refractivity contribution < 1.29 is 8.42 Å². The van der Waals surface area contributed by atoms with Gasteiger partial charge in [-0.2, -0.15) is 10.2 Å². The van der Waals surface area contributed by atoms with Crippen LogP contribution in [0.5, 0.6) is 0 Å². The third-order valence-corrected chi connectivity index (χ3v) is 6.17. The van der Waals surface area contributed by atoms with Crippen LogP contribution in [0.25, 0.3) is 11.2 Å². The standard InChI is InChI=1S/C19H21N7O3S/c1-30(28,29)26-12-22-17-16(26)18(27)25(10-14-6-3-2-5-13(14)9-20)19(23-17)24-8-4-7-15(21)11-24/h2-3,5-6,12,15H,4,7-8,10-11,21H2,1H3. The van der Waals surface area contributed by atoms with Crippen LogP contribution in [-0.2, 0) is 16.6 Å². The van der Waals surface area contributed by atoms with Gasteiger partial charge in [0.2, 0.25) is 16.0 Å². The van der Waals surface area contributed by atoms with E-state index >= 15 is 0 Å². The first-order chi connectivity index (χ1) is 14.3. The minimum Gasteiger partial charge on any atom is -0.341 e. The molecule has 30 heavy (non-hydrogen) atoms. The van der Waals surface area contributed by atoms with E-state index in [2.05, 4.69) is 16.0 Å². The van der Waals surface area contributed by atoms with Gasteiger partial charge in [0.1, 0.15) is 6.33 Å². The molecule has 156 valence electrons. The first kappa shape index (κ1) is 20.1. The molecule has 3 aromatic rings. The Bertz CT molecular complexity index is 1320. The Kier molecular flexibility index (Phi) is 5.05. The summed E-state index contributed by atoms with van der Waals surface area (Å²) in [6, 6.07) is 9.03. The van der Waals surface area contributed by atoms with Crippen molar-refractivity contribution in [2.45, 2.75) is 25.4 Å². The number of rotatable bonds is 4. The van der Waals surface area contributed by atoms with Crippen LogP contribution in [0, 0.1) is 11.3 Å². The highest BCUT2D eigenvalue weighted by Gasteiger charge is 2.26. The fourth-order valence-electron chi connectivity index (χ4n) is 3.73. The van der Waals surface area contributed by atoms with E-state index in [1.54, 1.807) is 24.3 Å². The van der Waals surface area contributed by atoms with Crippen molar-refractivity contribution in [2.24, 2.45) is 5.73 Å². The Balaban J connectivity index is 1.96. The Labute approximate surface area is 173 Å². The molecule has 0 spiro atoms. The van der Waals surface area contributed by atoms with Crippen LogP contribution in [0.3, 0.4) is 0 Å². The number of nitrogens with two attached hydrogens (primary N) is 1. The van der Waals surface area contributed by atoms with Crippen LogP contribution in [0.1, 0.15) is 24.0 Å². The second-order valence-electron chi connectivity index (χ2n) is 7.40. The first-order valence-electron chi connectivity index (χ1n) is 9.46. The van der Waals surface area contributed by atoms with E-state index in [-0.39, 0.29) is 23.8 Å². The lowest BCUT2D eigenvalue weighted by Crippen LogP contribution is -2.45. The van der Waals surface area contributed by atoms with E-state index in [9.17, 15) is 18.5 Å². The molecule has 1 aromatic carbocycles. The zero-order valence-electron chi connectivity index (χ0n) is 16.4. The van der Waals surface area contributed by atoms with Crippen LogP contribution in [0.4, 0.5) is 5.95 Å². The van der Waals surface area contributed by atoms with Crippen molar-refractivity contribution in [3.63, 3.8) is 0 Å². The van der Waals surface area contributed by atoms with Crippen LogP contribution in [-0.4, -0.2) is 52.3 Å². The molecular weight excluding hydrogens is 406 g/mol. The molecule has 4 rings (SSSR count). The number of hydrogen-bond acceptors (Lipinski definition) is 8. The highest BCUT2D eigenvalue weighted by atomic mass is 32.2. The van der Waals surface area contributed by atoms with E-state index in [4.69, 9.17) is 5.73 Å². The van der Waals surface area contributed by atoms with E-state index in [0.29, 0.717) is 30.2 Å². The zero-order valence-corrected chi connectivity index (χ0v) is 17.2. The lowest BCUT2D eigenvalue weighted by atomic mass is 10.1. The first-order valence-corrected chi connectivity index (χ1v) is 11.3. The Hall–Kier alpha value is -3.23. The molecule has 2 aromatic heterocycles. The fourth-order valence-corrected chi connectivity index (χ4v) is 4.44. The summed E-state index contributed by atoms with van der Waals surface area (Å²) in [4.78, 5) is 24.0. The molecular formula is C19H21N7O3S. The molecule has 0 bridgehead atoms. The SMILES string of the molecule is CS(=O)(=O)n1cnc2nc(N3CCCC(N)C3)n(Cc3ccccc3C#N)c(=O)c21. The van der Waals surface area contributed by atoms with E-state index in [1.165, 1.54) is 4.57 Å². The van der Waals surface area contributed by atoms with Crippen LogP contribution >= 0.6 is 0 Å². The van der Waals surface area contributed by atoms with E-state index < -0.39 is 15.6 Å². The Morgan fingerprint density at radius 1 is 1.33 bits per heavy atom. The van der Waals surface area contributed by atoms with Crippen molar-refractivity contribution in [3.8, 4) is 6.07 Å². The molecule has 0 amide bonds. The van der Waals surface area contributed by atoms with Crippen molar-refractivity contribution in [2.75, 3.05) is 24.2 Å². The predicted octanol–water partition coefficient (Wildman–Crippen LogP) is 0.248. The highest BCUT2D eigenvalue weighted by molar-refractivity contribution is 7.89. The number of piperidine rings is 1. The number of benzene rings is 1. The summed E-state index contributed by atoms with van der Waals surface area (Å²) in [5.74, 6) is 0.370. The maximum absolute atomic E-state index is 13.5. The summed E-state index contributed by atoms with van der Waals surface area (Å²) in [6.07, 6.45) is 3.82. The molecule has 1 aliphatic heterocycles. The van der Waals surface area contributed by atoms with Gasteiger partial charge in [-0.25, -0.2) is 17.4 Å². The second kappa shape index (κ2) is 7.55. The molecule has 0 radical (unpaired) electrons. The molecule has 0 aliphatic carbocycles. The lowest BCUT2D eigenvalue weighted by Gasteiger charge is -2.33. The normalized spacial score (nSPS) is 17.2. The van der Waals surface area contributed by atoms with E-state index in [1.807, 2.05) is 4.90 Å².